The van der Waals surface area contributed by atoms with Crippen LogP contribution in [0.25, 0.3) is 0 Å². The lowest BCUT2D eigenvalue weighted by molar-refractivity contribution is 0.0734. The average molecular weight is 463 g/mol. The number of benzene rings is 2. The summed E-state index contributed by atoms with van der Waals surface area (Å²) in [4.78, 5) is 12.6. The van der Waals surface area contributed by atoms with Crippen molar-refractivity contribution in [2.75, 3.05) is 0 Å². The van der Waals surface area contributed by atoms with E-state index in [4.69, 9.17) is 4.74 Å². The van der Waals surface area contributed by atoms with Crippen LogP contribution < -0.4 is 4.74 Å². The SMILES string of the molecule is C=CCCc1ccc(OC(=O)c2ccc(C3CC[C@H]4C[C@@H](CCCC)CC[C@@H]4C3)c(F)c2)cc1. The van der Waals surface area contributed by atoms with Gasteiger partial charge in [0.2, 0.25) is 0 Å². The normalized spacial score (nSPS) is 24.3. The highest BCUT2D eigenvalue weighted by Crippen LogP contribution is 2.48. The van der Waals surface area contributed by atoms with E-state index in [9.17, 15) is 4.79 Å². The third kappa shape index (κ3) is 6.17. The van der Waals surface area contributed by atoms with E-state index in [2.05, 4.69) is 13.5 Å². The Morgan fingerprint density at radius 1 is 1.06 bits per heavy atom. The Morgan fingerprint density at radius 3 is 2.56 bits per heavy atom. The molecule has 0 aromatic heterocycles. The van der Waals surface area contributed by atoms with Gasteiger partial charge in [-0.05, 0) is 104 Å². The van der Waals surface area contributed by atoms with Crippen LogP contribution >= 0.6 is 0 Å². The quantitative estimate of drug-likeness (QED) is 0.212. The molecule has 0 spiro atoms. The summed E-state index contributed by atoms with van der Waals surface area (Å²) >= 11 is 0. The van der Waals surface area contributed by atoms with Crippen molar-refractivity contribution in [3.8, 4) is 5.75 Å². The number of rotatable bonds is 9. The lowest BCUT2D eigenvalue weighted by atomic mass is 9.63. The monoisotopic (exact) mass is 462 g/mol. The van der Waals surface area contributed by atoms with Gasteiger partial charge in [-0.3, -0.25) is 0 Å². The maximum Gasteiger partial charge on any atom is 0.343 e. The van der Waals surface area contributed by atoms with Crippen LogP contribution in [0, 0.1) is 23.6 Å². The van der Waals surface area contributed by atoms with Crippen LogP contribution in [-0.4, -0.2) is 5.97 Å². The van der Waals surface area contributed by atoms with Crippen LogP contribution in [-0.2, 0) is 6.42 Å². The first-order valence-corrected chi connectivity index (χ1v) is 13.3. The van der Waals surface area contributed by atoms with Crippen molar-refractivity contribution in [2.45, 2.75) is 83.5 Å². The molecule has 0 saturated heterocycles. The van der Waals surface area contributed by atoms with Gasteiger partial charge in [0.15, 0.2) is 0 Å². The van der Waals surface area contributed by atoms with Gasteiger partial charge in [-0.25, -0.2) is 9.18 Å². The number of aryl methyl sites for hydroxylation is 1. The molecule has 0 heterocycles. The third-order valence-electron chi connectivity index (χ3n) is 8.13. The number of carbonyl (C=O) groups excluding carboxylic acids is 1. The Kier molecular flexibility index (Phi) is 8.59. The molecular formula is C31H39FO2. The predicted molar refractivity (Wildman–Crippen MR) is 137 cm³/mol. The molecule has 2 aromatic rings. The zero-order chi connectivity index (χ0) is 23.9. The van der Waals surface area contributed by atoms with Crippen molar-refractivity contribution in [2.24, 2.45) is 17.8 Å². The largest absolute Gasteiger partial charge is 0.423 e. The number of allylic oxidation sites excluding steroid dienone is 1. The molecular weight excluding hydrogens is 423 g/mol. The van der Waals surface area contributed by atoms with E-state index in [1.165, 1.54) is 56.6 Å². The molecule has 0 aliphatic heterocycles. The van der Waals surface area contributed by atoms with Crippen LogP contribution in [0.5, 0.6) is 5.75 Å². The smallest absolute Gasteiger partial charge is 0.343 e. The molecule has 4 atom stereocenters. The molecule has 2 nitrogen and oxygen atoms in total. The maximum atomic E-state index is 15.1. The Bertz CT molecular complexity index is 964. The number of halogens is 1. The zero-order valence-corrected chi connectivity index (χ0v) is 20.6. The highest BCUT2D eigenvalue weighted by atomic mass is 19.1. The summed E-state index contributed by atoms with van der Waals surface area (Å²) in [7, 11) is 0. The van der Waals surface area contributed by atoms with Gasteiger partial charge >= 0.3 is 5.97 Å². The number of esters is 1. The fourth-order valence-electron chi connectivity index (χ4n) is 6.17. The Morgan fingerprint density at radius 2 is 1.82 bits per heavy atom. The summed E-state index contributed by atoms with van der Waals surface area (Å²) in [5.41, 5.74) is 2.20. The summed E-state index contributed by atoms with van der Waals surface area (Å²) in [6.07, 6.45) is 15.1. The lowest BCUT2D eigenvalue weighted by Crippen LogP contribution is -2.30. The number of hydrogen-bond acceptors (Lipinski definition) is 2. The number of carbonyl (C=O) groups is 1. The van der Waals surface area contributed by atoms with Crippen molar-refractivity contribution < 1.29 is 13.9 Å². The van der Waals surface area contributed by atoms with Crippen molar-refractivity contribution >= 4 is 5.97 Å². The summed E-state index contributed by atoms with van der Waals surface area (Å²) in [5, 5.41) is 0. The van der Waals surface area contributed by atoms with Crippen molar-refractivity contribution in [3.63, 3.8) is 0 Å². The average Bonchev–Trinajstić information content (AvgIpc) is 2.86. The zero-order valence-electron chi connectivity index (χ0n) is 20.6. The minimum atomic E-state index is -0.515. The summed E-state index contributed by atoms with van der Waals surface area (Å²) < 4.78 is 20.6. The van der Waals surface area contributed by atoms with Gasteiger partial charge in [-0.1, -0.05) is 56.9 Å². The van der Waals surface area contributed by atoms with E-state index in [0.29, 0.717) is 5.75 Å². The first-order chi connectivity index (χ1) is 16.6. The van der Waals surface area contributed by atoms with Crippen molar-refractivity contribution in [1.82, 2.24) is 0 Å². The molecule has 182 valence electrons. The fraction of sp³-hybridized carbons (Fsp3) is 0.516. The van der Waals surface area contributed by atoms with E-state index in [-0.39, 0.29) is 17.3 Å². The molecule has 1 unspecified atom stereocenters. The van der Waals surface area contributed by atoms with Gasteiger partial charge in [0.1, 0.15) is 11.6 Å². The minimum Gasteiger partial charge on any atom is -0.423 e. The molecule has 4 rings (SSSR count). The Balaban J connectivity index is 1.34. The highest BCUT2D eigenvalue weighted by Gasteiger charge is 2.36. The van der Waals surface area contributed by atoms with Gasteiger partial charge in [-0.2, -0.15) is 0 Å². The van der Waals surface area contributed by atoms with E-state index < -0.39 is 5.97 Å². The molecule has 2 saturated carbocycles. The van der Waals surface area contributed by atoms with Crippen LogP contribution in [0.1, 0.15) is 98.5 Å². The van der Waals surface area contributed by atoms with E-state index in [1.807, 2.05) is 24.3 Å². The molecule has 3 heteroatoms. The lowest BCUT2D eigenvalue weighted by Gasteiger charge is -2.42. The summed E-state index contributed by atoms with van der Waals surface area (Å²) in [5.74, 6) is 2.42. The second-order valence-electron chi connectivity index (χ2n) is 10.4. The maximum absolute atomic E-state index is 15.1. The minimum absolute atomic E-state index is 0.265. The molecule has 2 aliphatic carbocycles. The first-order valence-electron chi connectivity index (χ1n) is 13.3. The van der Waals surface area contributed by atoms with Crippen LogP contribution in [0.4, 0.5) is 4.39 Å². The Hall–Kier alpha value is -2.42. The Labute approximate surface area is 204 Å². The number of fused-ring (bicyclic) bond motifs is 1. The second-order valence-corrected chi connectivity index (χ2v) is 10.4. The highest BCUT2D eigenvalue weighted by molar-refractivity contribution is 5.91. The number of hydrogen-bond donors (Lipinski definition) is 0. The number of ether oxygens (including phenoxy) is 1. The van der Waals surface area contributed by atoms with E-state index in [0.717, 1.165) is 49.0 Å². The van der Waals surface area contributed by atoms with E-state index in [1.54, 1.807) is 18.2 Å². The fourth-order valence-corrected chi connectivity index (χ4v) is 6.17. The molecule has 2 aromatic carbocycles. The molecule has 0 N–H and O–H groups in total. The summed E-state index contributed by atoms with van der Waals surface area (Å²) in [6.45, 7) is 6.02. The predicted octanol–water partition coefficient (Wildman–Crippen LogP) is 8.65. The molecule has 0 bridgehead atoms. The van der Waals surface area contributed by atoms with Crippen LogP contribution in [0.15, 0.2) is 55.1 Å². The molecule has 0 radical (unpaired) electrons. The van der Waals surface area contributed by atoms with Gasteiger partial charge in [0, 0.05) is 0 Å². The summed E-state index contributed by atoms with van der Waals surface area (Å²) in [6, 6.07) is 12.4. The van der Waals surface area contributed by atoms with Gasteiger partial charge in [-0.15, -0.1) is 6.58 Å². The molecule has 2 fully saturated rings. The van der Waals surface area contributed by atoms with Crippen molar-refractivity contribution in [1.29, 1.82) is 0 Å². The van der Waals surface area contributed by atoms with Crippen molar-refractivity contribution in [3.05, 3.63) is 77.6 Å². The van der Waals surface area contributed by atoms with Crippen LogP contribution in [0.2, 0.25) is 0 Å². The van der Waals surface area contributed by atoms with Gasteiger partial charge < -0.3 is 4.74 Å². The first kappa shape index (κ1) is 24.7. The second kappa shape index (κ2) is 11.8. The van der Waals surface area contributed by atoms with E-state index >= 15 is 4.39 Å². The number of unbranched alkanes of at least 4 members (excludes halogenated alkanes) is 1. The molecule has 34 heavy (non-hydrogen) atoms. The molecule has 2 aliphatic rings. The van der Waals surface area contributed by atoms with Gasteiger partial charge in [0.25, 0.3) is 0 Å². The third-order valence-corrected chi connectivity index (χ3v) is 8.13. The van der Waals surface area contributed by atoms with Crippen LogP contribution in [0.3, 0.4) is 0 Å². The standard InChI is InChI=1S/C31H39FO2/c1-3-5-7-22-10-16-28(17-11-22)34-31(33)27-15-18-29(30(32)21-27)26-14-13-24-19-23(8-6-4-2)9-12-25(24)20-26/h3,10-11,15-18,21,23-26H,1,4-9,12-14,19-20H2,2H3/t23-,24-,25+,26?/m0/s1. The topological polar surface area (TPSA) is 26.3 Å². The molecule has 0 amide bonds. The van der Waals surface area contributed by atoms with Gasteiger partial charge in [0.05, 0.1) is 5.56 Å².